The zero-order chi connectivity index (χ0) is 21.7. The Morgan fingerprint density at radius 2 is 2.10 bits per heavy atom. The number of hydrogen-bond acceptors (Lipinski definition) is 7. The van der Waals surface area contributed by atoms with Crippen LogP contribution in [0.5, 0.6) is 11.5 Å². The average Bonchev–Trinajstić information content (AvgIpc) is 3.35. The van der Waals surface area contributed by atoms with E-state index in [-0.39, 0.29) is 24.5 Å². The van der Waals surface area contributed by atoms with Crippen molar-refractivity contribution in [1.82, 2.24) is 9.88 Å². The van der Waals surface area contributed by atoms with Crippen LogP contribution in [-0.2, 0) is 9.53 Å². The molecule has 1 aliphatic heterocycles. The molecular weight excluding hydrogens is 406 g/mol. The summed E-state index contributed by atoms with van der Waals surface area (Å²) < 4.78 is 16.3. The number of rotatable bonds is 8. The van der Waals surface area contributed by atoms with E-state index in [1.165, 1.54) is 23.3 Å². The molecule has 1 aliphatic rings. The molecule has 0 spiro atoms. The molecule has 1 N–H and O–H groups in total. The second kappa shape index (κ2) is 9.90. The lowest BCUT2D eigenvalue weighted by molar-refractivity contribution is -0.117. The maximum atomic E-state index is 13.3. The number of hydrogen-bond donors (Lipinski definition) is 1. The van der Waals surface area contributed by atoms with Gasteiger partial charge in [-0.2, -0.15) is 0 Å². The van der Waals surface area contributed by atoms with Crippen molar-refractivity contribution in [1.29, 1.82) is 0 Å². The highest BCUT2D eigenvalue weighted by Crippen LogP contribution is 2.27. The summed E-state index contributed by atoms with van der Waals surface area (Å²) in [5, 5.41) is 3.32. The predicted molar refractivity (Wildman–Crippen MR) is 115 cm³/mol. The minimum atomic E-state index is -0.303. The number of aromatic nitrogens is 1. The minimum absolute atomic E-state index is 0.0876. The third kappa shape index (κ3) is 5.28. The van der Waals surface area contributed by atoms with Crippen molar-refractivity contribution < 1.29 is 23.8 Å². The quantitative estimate of drug-likeness (QED) is 0.688. The number of amides is 2. The van der Waals surface area contributed by atoms with Crippen LogP contribution in [0.1, 0.15) is 33.8 Å². The van der Waals surface area contributed by atoms with Crippen LogP contribution in [0.25, 0.3) is 0 Å². The Kier molecular flexibility index (Phi) is 7.28. The molecule has 2 heterocycles. The van der Waals surface area contributed by atoms with Crippen LogP contribution < -0.4 is 14.8 Å². The van der Waals surface area contributed by atoms with Gasteiger partial charge in [0.1, 0.15) is 18.0 Å². The highest BCUT2D eigenvalue weighted by Gasteiger charge is 2.27. The summed E-state index contributed by atoms with van der Waals surface area (Å²) in [4.78, 5) is 32.9. The van der Waals surface area contributed by atoms with Gasteiger partial charge in [-0.15, -0.1) is 11.3 Å². The van der Waals surface area contributed by atoms with Gasteiger partial charge >= 0.3 is 0 Å². The second-order valence-electron chi connectivity index (χ2n) is 7.10. The van der Waals surface area contributed by atoms with Gasteiger partial charge in [-0.3, -0.25) is 9.59 Å². The van der Waals surface area contributed by atoms with Crippen molar-refractivity contribution in [3.8, 4) is 11.5 Å². The molecule has 1 fully saturated rings. The fraction of sp³-hybridized carbons (Fsp3) is 0.476. The fourth-order valence-electron chi connectivity index (χ4n) is 3.26. The number of thiazole rings is 1. The molecular formula is C21H27N3O5S. The van der Waals surface area contributed by atoms with Crippen LogP contribution in [0.2, 0.25) is 0 Å². The highest BCUT2D eigenvalue weighted by atomic mass is 32.1. The summed E-state index contributed by atoms with van der Waals surface area (Å²) in [6.45, 7) is 4.74. The van der Waals surface area contributed by atoms with Gasteiger partial charge in [0.05, 0.1) is 31.6 Å². The molecule has 1 unspecified atom stereocenters. The second-order valence-corrected chi connectivity index (χ2v) is 8.30. The van der Waals surface area contributed by atoms with Gasteiger partial charge < -0.3 is 24.4 Å². The van der Waals surface area contributed by atoms with E-state index in [4.69, 9.17) is 14.2 Å². The molecule has 162 valence electrons. The van der Waals surface area contributed by atoms with E-state index >= 15 is 0 Å². The van der Waals surface area contributed by atoms with E-state index in [1.807, 2.05) is 13.8 Å². The zero-order valence-electron chi connectivity index (χ0n) is 17.7. The van der Waals surface area contributed by atoms with Crippen LogP contribution in [0.4, 0.5) is 5.13 Å². The van der Waals surface area contributed by atoms with E-state index < -0.39 is 0 Å². The molecule has 1 saturated heterocycles. The van der Waals surface area contributed by atoms with Crippen molar-refractivity contribution in [3.63, 3.8) is 0 Å². The molecule has 2 amide bonds. The summed E-state index contributed by atoms with van der Waals surface area (Å²) in [6.07, 6.45) is 1.72. The number of carbonyl (C=O) groups excluding carboxylic acids is 2. The van der Waals surface area contributed by atoms with Crippen molar-refractivity contribution in [2.24, 2.45) is 0 Å². The van der Waals surface area contributed by atoms with Gasteiger partial charge in [0.25, 0.3) is 5.91 Å². The fourth-order valence-corrected chi connectivity index (χ4v) is 4.09. The van der Waals surface area contributed by atoms with Gasteiger partial charge in [0, 0.05) is 24.1 Å². The molecule has 0 aliphatic carbocycles. The molecule has 1 aromatic carbocycles. The molecule has 1 aromatic heterocycles. The van der Waals surface area contributed by atoms with E-state index in [1.54, 1.807) is 25.3 Å². The standard InChI is InChI=1S/C21H27N3O5S/c1-13-14(2)30-21(22-13)23-19(25)12-24(11-16-6-5-9-29-16)20(26)17-8-7-15(27-3)10-18(17)28-4/h7-8,10,16H,5-6,9,11-12H2,1-4H3,(H,22,23,25). The van der Waals surface area contributed by atoms with Gasteiger partial charge in [-0.05, 0) is 38.8 Å². The Balaban J connectivity index is 1.79. The smallest absolute Gasteiger partial charge is 0.258 e. The minimum Gasteiger partial charge on any atom is -0.497 e. The first kappa shape index (κ1) is 22.0. The topological polar surface area (TPSA) is 90.0 Å². The Morgan fingerprint density at radius 3 is 2.70 bits per heavy atom. The van der Waals surface area contributed by atoms with Crippen molar-refractivity contribution in [2.45, 2.75) is 32.8 Å². The van der Waals surface area contributed by atoms with E-state index in [9.17, 15) is 9.59 Å². The first-order valence-corrected chi connectivity index (χ1v) is 10.6. The van der Waals surface area contributed by atoms with E-state index in [0.717, 1.165) is 23.4 Å². The molecule has 8 nitrogen and oxygen atoms in total. The monoisotopic (exact) mass is 433 g/mol. The Bertz CT molecular complexity index is 889. The largest absolute Gasteiger partial charge is 0.497 e. The SMILES string of the molecule is COc1ccc(C(=O)N(CC(=O)Nc2nc(C)c(C)s2)CC2CCCO2)c(OC)c1. The lowest BCUT2D eigenvalue weighted by Crippen LogP contribution is -2.42. The summed E-state index contributed by atoms with van der Waals surface area (Å²) in [5.41, 5.74) is 1.25. The molecule has 0 saturated carbocycles. The lowest BCUT2D eigenvalue weighted by atomic mass is 10.1. The number of anilines is 1. The zero-order valence-corrected chi connectivity index (χ0v) is 18.5. The number of nitrogens with zero attached hydrogens (tertiary/aromatic N) is 2. The molecule has 0 radical (unpaired) electrons. The number of benzene rings is 1. The van der Waals surface area contributed by atoms with Crippen LogP contribution in [0, 0.1) is 13.8 Å². The summed E-state index contributed by atoms with van der Waals surface area (Å²) >= 11 is 1.41. The van der Waals surface area contributed by atoms with Crippen LogP contribution in [0.3, 0.4) is 0 Å². The third-order valence-electron chi connectivity index (χ3n) is 4.98. The number of methoxy groups -OCH3 is 2. The van der Waals surface area contributed by atoms with Gasteiger partial charge in [-0.1, -0.05) is 0 Å². The Hall–Kier alpha value is -2.65. The normalized spacial score (nSPS) is 15.7. The van der Waals surface area contributed by atoms with Crippen molar-refractivity contribution in [2.75, 3.05) is 39.2 Å². The van der Waals surface area contributed by atoms with E-state index in [2.05, 4.69) is 10.3 Å². The third-order valence-corrected chi connectivity index (χ3v) is 5.97. The number of nitrogens with one attached hydrogen (secondary N) is 1. The summed E-state index contributed by atoms with van der Waals surface area (Å²) in [5.74, 6) is 0.374. The average molecular weight is 434 g/mol. The van der Waals surface area contributed by atoms with Gasteiger partial charge in [0.2, 0.25) is 5.91 Å². The number of carbonyl (C=O) groups is 2. The molecule has 30 heavy (non-hydrogen) atoms. The molecule has 1 atom stereocenters. The van der Waals surface area contributed by atoms with Crippen molar-refractivity contribution >= 4 is 28.3 Å². The van der Waals surface area contributed by atoms with E-state index in [0.29, 0.717) is 35.3 Å². The number of ether oxygens (including phenoxy) is 3. The summed E-state index contributed by atoms with van der Waals surface area (Å²) in [6, 6.07) is 4.99. The van der Waals surface area contributed by atoms with Crippen LogP contribution >= 0.6 is 11.3 Å². The maximum Gasteiger partial charge on any atom is 0.258 e. The Morgan fingerprint density at radius 1 is 1.30 bits per heavy atom. The maximum absolute atomic E-state index is 13.3. The molecule has 9 heteroatoms. The number of aryl methyl sites for hydroxylation is 2. The van der Waals surface area contributed by atoms with Crippen LogP contribution in [0.15, 0.2) is 18.2 Å². The van der Waals surface area contributed by atoms with Gasteiger partial charge in [0.15, 0.2) is 5.13 Å². The molecule has 2 aromatic rings. The highest BCUT2D eigenvalue weighted by molar-refractivity contribution is 7.15. The molecule has 0 bridgehead atoms. The Labute approximate surface area is 180 Å². The molecule has 3 rings (SSSR count). The predicted octanol–water partition coefficient (Wildman–Crippen LogP) is 3.04. The first-order chi connectivity index (χ1) is 14.4. The van der Waals surface area contributed by atoms with Crippen molar-refractivity contribution in [3.05, 3.63) is 34.3 Å². The summed E-state index contributed by atoms with van der Waals surface area (Å²) in [7, 11) is 3.04. The lowest BCUT2D eigenvalue weighted by Gasteiger charge is -2.25. The van der Waals surface area contributed by atoms with Crippen LogP contribution in [-0.4, -0.2) is 61.7 Å². The first-order valence-electron chi connectivity index (χ1n) is 9.78. The van der Waals surface area contributed by atoms with Gasteiger partial charge in [-0.25, -0.2) is 4.98 Å².